The van der Waals surface area contributed by atoms with Crippen molar-refractivity contribution in [1.82, 2.24) is 10.3 Å². The number of pyridine rings is 1. The van der Waals surface area contributed by atoms with Crippen molar-refractivity contribution < 1.29 is 8.78 Å². The highest BCUT2D eigenvalue weighted by atomic mass is 19.1. The molecule has 1 heterocycles. The summed E-state index contributed by atoms with van der Waals surface area (Å²) >= 11 is 0. The molecule has 0 saturated carbocycles. The Balaban J connectivity index is 2.23. The van der Waals surface area contributed by atoms with Gasteiger partial charge in [0.15, 0.2) is 0 Å². The van der Waals surface area contributed by atoms with Crippen LogP contribution in [0.3, 0.4) is 0 Å². The van der Waals surface area contributed by atoms with Crippen LogP contribution in [-0.2, 0) is 6.54 Å². The fraction of sp³-hybridized carbons (Fsp3) is 0.267. The zero-order valence-corrected chi connectivity index (χ0v) is 11.0. The van der Waals surface area contributed by atoms with Gasteiger partial charge in [-0.3, -0.25) is 4.98 Å². The van der Waals surface area contributed by atoms with Gasteiger partial charge in [-0.15, -0.1) is 0 Å². The van der Waals surface area contributed by atoms with E-state index >= 15 is 0 Å². The molecule has 0 radical (unpaired) electrons. The highest BCUT2D eigenvalue weighted by molar-refractivity contribution is 5.62. The van der Waals surface area contributed by atoms with Gasteiger partial charge in [-0.25, -0.2) is 8.78 Å². The second-order valence-electron chi connectivity index (χ2n) is 4.73. The summed E-state index contributed by atoms with van der Waals surface area (Å²) in [6.07, 6.45) is 2.64. The summed E-state index contributed by atoms with van der Waals surface area (Å²) in [6, 6.07) is 6.54. The number of rotatable bonds is 4. The molecule has 0 unspecified atom stereocenters. The lowest BCUT2D eigenvalue weighted by atomic mass is 10.0. The van der Waals surface area contributed by atoms with Crippen molar-refractivity contribution >= 4 is 0 Å². The Bertz CT molecular complexity index is 568. The Hall–Kier alpha value is -1.81. The summed E-state index contributed by atoms with van der Waals surface area (Å²) in [5.74, 6) is -0.724. The molecule has 0 aliphatic heterocycles. The SMILES string of the molecule is CC(C)NCc1ccc(-c2cncc(F)c2)cc1F. The third-order valence-electron chi connectivity index (χ3n) is 2.79. The lowest BCUT2D eigenvalue weighted by Crippen LogP contribution is -2.22. The maximum atomic E-state index is 13.9. The summed E-state index contributed by atoms with van der Waals surface area (Å²) in [7, 11) is 0. The molecular weight excluding hydrogens is 246 g/mol. The van der Waals surface area contributed by atoms with E-state index in [-0.39, 0.29) is 5.82 Å². The molecule has 2 aromatic rings. The third-order valence-corrected chi connectivity index (χ3v) is 2.79. The molecule has 0 spiro atoms. The molecule has 0 atom stereocenters. The molecule has 1 aromatic heterocycles. The highest BCUT2D eigenvalue weighted by Gasteiger charge is 2.06. The van der Waals surface area contributed by atoms with Gasteiger partial charge in [-0.05, 0) is 17.7 Å². The molecule has 100 valence electrons. The lowest BCUT2D eigenvalue weighted by molar-refractivity contribution is 0.553. The zero-order chi connectivity index (χ0) is 13.8. The molecule has 0 amide bonds. The predicted octanol–water partition coefficient (Wildman–Crippen LogP) is 3.52. The Labute approximate surface area is 111 Å². The van der Waals surface area contributed by atoms with Crippen molar-refractivity contribution in [2.75, 3.05) is 0 Å². The number of aromatic nitrogens is 1. The molecule has 0 bridgehead atoms. The molecule has 0 aliphatic rings. The van der Waals surface area contributed by atoms with Crippen LogP contribution in [0, 0.1) is 11.6 Å². The van der Waals surface area contributed by atoms with Crippen LogP contribution in [0.25, 0.3) is 11.1 Å². The first kappa shape index (κ1) is 13.6. The van der Waals surface area contributed by atoms with Crippen molar-refractivity contribution in [3.05, 3.63) is 53.9 Å². The van der Waals surface area contributed by atoms with E-state index in [0.717, 1.165) is 6.20 Å². The maximum Gasteiger partial charge on any atom is 0.142 e. The number of hydrogen-bond acceptors (Lipinski definition) is 2. The first-order valence-corrected chi connectivity index (χ1v) is 6.19. The van der Waals surface area contributed by atoms with E-state index in [1.165, 1.54) is 18.3 Å². The predicted molar refractivity (Wildman–Crippen MR) is 71.6 cm³/mol. The molecule has 0 saturated heterocycles. The largest absolute Gasteiger partial charge is 0.310 e. The number of nitrogens with one attached hydrogen (secondary N) is 1. The van der Waals surface area contributed by atoms with E-state index in [1.54, 1.807) is 12.1 Å². The average molecular weight is 262 g/mol. The minimum absolute atomic E-state index is 0.296. The Morgan fingerprint density at radius 2 is 1.89 bits per heavy atom. The molecule has 1 aromatic carbocycles. The summed E-state index contributed by atoms with van der Waals surface area (Å²) in [5, 5.41) is 3.16. The normalized spacial score (nSPS) is 11.0. The number of hydrogen-bond donors (Lipinski definition) is 1. The van der Waals surface area contributed by atoms with Gasteiger partial charge >= 0.3 is 0 Å². The van der Waals surface area contributed by atoms with Crippen LogP contribution in [0.1, 0.15) is 19.4 Å². The van der Waals surface area contributed by atoms with Crippen LogP contribution in [0.4, 0.5) is 8.78 Å². The lowest BCUT2D eigenvalue weighted by Gasteiger charge is -2.10. The summed E-state index contributed by atoms with van der Waals surface area (Å²) in [6.45, 7) is 4.49. The first-order valence-electron chi connectivity index (χ1n) is 6.19. The molecule has 1 N–H and O–H groups in total. The van der Waals surface area contributed by atoms with Gasteiger partial charge in [-0.1, -0.05) is 26.0 Å². The fourth-order valence-electron chi connectivity index (χ4n) is 1.75. The smallest absolute Gasteiger partial charge is 0.142 e. The molecule has 4 heteroatoms. The van der Waals surface area contributed by atoms with E-state index < -0.39 is 5.82 Å². The van der Waals surface area contributed by atoms with Gasteiger partial charge in [-0.2, -0.15) is 0 Å². The molecule has 0 fully saturated rings. The van der Waals surface area contributed by atoms with E-state index in [9.17, 15) is 8.78 Å². The van der Waals surface area contributed by atoms with Gasteiger partial charge in [0, 0.05) is 29.9 Å². The van der Waals surface area contributed by atoms with Crippen molar-refractivity contribution in [1.29, 1.82) is 0 Å². The molecular formula is C15H16F2N2. The minimum atomic E-state index is -0.427. The van der Waals surface area contributed by atoms with Crippen molar-refractivity contribution in [2.45, 2.75) is 26.4 Å². The Kier molecular flexibility index (Phi) is 4.22. The highest BCUT2D eigenvalue weighted by Crippen LogP contribution is 2.21. The topological polar surface area (TPSA) is 24.9 Å². The van der Waals surface area contributed by atoms with Gasteiger partial charge in [0.25, 0.3) is 0 Å². The molecule has 0 aliphatic carbocycles. The summed E-state index contributed by atoms with van der Waals surface area (Å²) < 4.78 is 27.0. The monoisotopic (exact) mass is 262 g/mol. The van der Waals surface area contributed by atoms with E-state index in [2.05, 4.69) is 10.3 Å². The van der Waals surface area contributed by atoms with E-state index in [0.29, 0.717) is 29.3 Å². The van der Waals surface area contributed by atoms with Crippen molar-refractivity contribution in [2.24, 2.45) is 0 Å². The van der Waals surface area contributed by atoms with Crippen LogP contribution in [-0.4, -0.2) is 11.0 Å². The summed E-state index contributed by atoms with van der Waals surface area (Å²) in [4.78, 5) is 3.76. The second-order valence-corrected chi connectivity index (χ2v) is 4.73. The van der Waals surface area contributed by atoms with Gasteiger partial charge in [0.2, 0.25) is 0 Å². The van der Waals surface area contributed by atoms with Crippen molar-refractivity contribution in [3.63, 3.8) is 0 Å². The van der Waals surface area contributed by atoms with Crippen molar-refractivity contribution in [3.8, 4) is 11.1 Å². The second kappa shape index (κ2) is 5.89. The maximum absolute atomic E-state index is 13.9. The number of benzene rings is 1. The van der Waals surface area contributed by atoms with Crippen LogP contribution >= 0.6 is 0 Å². The standard InChI is InChI=1S/C15H16F2N2/c1-10(2)19-8-12-4-3-11(6-15(12)17)13-5-14(16)9-18-7-13/h3-7,9-10,19H,8H2,1-2H3. The van der Waals surface area contributed by atoms with Crippen LogP contribution in [0.5, 0.6) is 0 Å². The van der Waals surface area contributed by atoms with Gasteiger partial charge in [0.05, 0.1) is 6.20 Å². The van der Waals surface area contributed by atoms with Crippen LogP contribution < -0.4 is 5.32 Å². The molecule has 2 rings (SSSR count). The number of nitrogens with zero attached hydrogens (tertiary/aromatic N) is 1. The zero-order valence-electron chi connectivity index (χ0n) is 11.0. The average Bonchev–Trinajstić information content (AvgIpc) is 2.37. The fourth-order valence-corrected chi connectivity index (χ4v) is 1.75. The van der Waals surface area contributed by atoms with E-state index in [1.807, 2.05) is 13.8 Å². The summed E-state index contributed by atoms with van der Waals surface area (Å²) in [5.41, 5.74) is 1.79. The quantitative estimate of drug-likeness (QED) is 0.911. The first-order chi connectivity index (χ1) is 9.06. The van der Waals surface area contributed by atoms with Crippen LogP contribution in [0.15, 0.2) is 36.7 Å². The number of halogens is 2. The minimum Gasteiger partial charge on any atom is -0.310 e. The molecule has 2 nitrogen and oxygen atoms in total. The third kappa shape index (κ3) is 3.58. The van der Waals surface area contributed by atoms with E-state index in [4.69, 9.17) is 0 Å². The Morgan fingerprint density at radius 3 is 2.53 bits per heavy atom. The molecule has 19 heavy (non-hydrogen) atoms. The Morgan fingerprint density at radius 1 is 1.11 bits per heavy atom. The van der Waals surface area contributed by atoms with Crippen LogP contribution in [0.2, 0.25) is 0 Å². The van der Waals surface area contributed by atoms with Gasteiger partial charge in [0.1, 0.15) is 11.6 Å². The van der Waals surface area contributed by atoms with Gasteiger partial charge < -0.3 is 5.32 Å².